The first-order valence-electron chi connectivity index (χ1n) is 9.55. The Labute approximate surface area is 182 Å². The molecule has 0 saturated carbocycles. The Hall–Kier alpha value is -2.32. The lowest BCUT2D eigenvalue weighted by atomic mass is 10.2. The van der Waals surface area contributed by atoms with Gasteiger partial charge in [-0.15, -0.1) is 10.2 Å². The van der Waals surface area contributed by atoms with Crippen LogP contribution in [0.5, 0.6) is 11.5 Å². The summed E-state index contributed by atoms with van der Waals surface area (Å²) in [6.07, 6.45) is 4.48. The van der Waals surface area contributed by atoms with Crippen LogP contribution in [0.4, 0.5) is 5.69 Å². The number of nitrogens with one attached hydrogen (secondary N) is 1. The van der Waals surface area contributed by atoms with E-state index >= 15 is 0 Å². The van der Waals surface area contributed by atoms with Gasteiger partial charge in [-0.05, 0) is 61.4 Å². The SMILES string of the molecule is O=C(CSc1nnc2n1CCCCC2)Nc1ccc(Oc2ccc(Br)cc2)cc1. The highest BCUT2D eigenvalue weighted by Crippen LogP contribution is 2.25. The summed E-state index contributed by atoms with van der Waals surface area (Å²) in [5, 5.41) is 12.3. The highest BCUT2D eigenvalue weighted by molar-refractivity contribution is 9.10. The number of hydrogen-bond donors (Lipinski definition) is 1. The summed E-state index contributed by atoms with van der Waals surface area (Å²) in [4.78, 5) is 12.3. The number of carbonyl (C=O) groups is 1. The fraction of sp³-hybridized carbons (Fsp3) is 0.286. The highest BCUT2D eigenvalue weighted by atomic mass is 79.9. The van der Waals surface area contributed by atoms with Crippen molar-refractivity contribution in [1.82, 2.24) is 14.8 Å². The number of hydrogen-bond acceptors (Lipinski definition) is 5. The van der Waals surface area contributed by atoms with E-state index in [1.165, 1.54) is 18.2 Å². The molecule has 0 radical (unpaired) electrons. The molecular formula is C21H21BrN4O2S. The summed E-state index contributed by atoms with van der Waals surface area (Å²) in [6.45, 7) is 0.937. The van der Waals surface area contributed by atoms with Crippen molar-refractivity contribution in [2.24, 2.45) is 0 Å². The van der Waals surface area contributed by atoms with Crippen molar-refractivity contribution < 1.29 is 9.53 Å². The monoisotopic (exact) mass is 472 g/mol. The molecule has 0 fully saturated rings. The Balaban J connectivity index is 1.29. The summed E-state index contributed by atoms with van der Waals surface area (Å²) in [5.74, 6) is 2.74. The van der Waals surface area contributed by atoms with Gasteiger partial charge in [0.2, 0.25) is 5.91 Å². The summed E-state index contributed by atoms with van der Waals surface area (Å²) < 4.78 is 8.95. The van der Waals surface area contributed by atoms with Crippen LogP contribution in [0, 0.1) is 0 Å². The number of anilines is 1. The number of halogens is 1. The van der Waals surface area contributed by atoms with E-state index in [0.29, 0.717) is 11.5 Å². The lowest BCUT2D eigenvalue weighted by Crippen LogP contribution is -2.14. The summed E-state index contributed by atoms with van der Waals surface area (Å²) >= 11 is 4.84. The van der Waals surface area contributed by atoms with Crippen molar-refractivity contribution in [3.8, 4) is 11.5 Å². The van der Waals surface area contributed by atoms with Crippen LogP contribution in [-0.4, -0.2) is 26.4 Å². The first-order chi connectivity index (χ1) is 14.2. The Morgan fingerprint density at radius 1 is 1.03 bits per heavy atom. The van der Waals surface area contributed by atoms with Gasteiger partial charge < -0.3 is 14.6 Å². The number of nitrogens with zero attached hydrogens (tertiary/aromatic N) is 3. The van der Waals surface area contributed by atoms with E-state index in [9.17, 15) is 4.79 Å². The molecule has 150 valence electrons. The number of thioether (sulfide) groups is 1. The van der Waals surface area contributed by atoms with Crippen molar-refractivity contribution in [3.05, 3.63) is 58.8 Å². The molecule has 0 spiro atoms. The maximum Gasteiger partial charge on any atom is 0.234 e. The average molecular weight is 473 g/mol. The zero-order valence-electron chi connectivity index (χ0n) is 15.8. The largest absolute Gasteiger partial charge is 0.457 e. The number of amides is 1. The molecule has 0 atom stereocenters. The van der Waals surface area contributed by atoms with Crippen molar-refractivity contribution in [1.29, 1.82) is 0 Å². The first kappa shape index (κ1) is 20.0. The smallest absolute Gasteiger partial charge is 0.234 e. The molecule has 4 rings (SSSR count). The van der Waals surface area contributed by atoms with Crippen LogP contribution >= 0.6 is 27.7 Å². The third-order valence-electron chi connectivity index (χ3n) is 4.60. The number of carbonyl (C=O) groups excluding carboxylic acids is 1. The number of rotatable bonds is 6. The van der Waals surface area contributed by atoms with Gasteiger partial charge in [0, 0.05) is 23.1 Å². The van der Waals surface area contributed by atoms with Gasteiger partial charge in [0.1, 0.15) is 17.3 Å². The van der Waals surface area contributed by atoms with Crippen LogP contribution in [0.3, 0.4) is 0 Å². The minimum absolute atomic E-state index is 0.0671. The van der Waals surface area contributed by atoms with Gasteiger partial charge in [-0.3, -0.25) is 4.79 Å². The standard InChI is InChI=1S/C21H21BrN4O2S/c22-15-5-9-17(10-6-15)28-18-11-7-16(8-12-18)23-20(27)14-29-21-25-24-19-4-2-1-3-13-26(19)21/h5-12H,1-4,13-14H2,(H,23,27). The van der Waals surface area contributed by atoms with Crippen molar-refractivity contribution in [2.45, 2.75) is 37.4 Å². The van der Waals surface area contributed by atoms with E-state index in [0.717, 1.165) is 52.7 Å². The molecule has 0 saturated heterocycles. The zero-order chi connectivity index (χ0) is 20.1. The fourth-order valence-electron chi connectivity index (χ4n) is 3.14. The third kappa shape index (κ3) is 5.39. The van der Waals surface area contributed by atoms with E-state index in [1.807, 2.05) is 48.5 Å². The van der Waals surface area contributed by atoms with Crippen molar-refractivity contribution >= 4 is 39.3 Å². The van der Waals surface area contributed by atoms with Gasteiger partial charge in [0.15, 0.2) is 5.16 Å². The van der Waals surface area contributed by atoms with Crippen LogP contribution in [0.1, 0.15) is 25.1 Å². The minimum atomic E-state index is -0.0671. The van der Waals surface area contributed by atoms with Crippen LogP contribution < -0.4 is 10.1 Å². The number of aryl methyl sites for hydroxylation is 1. The summed E-state index contributed by atoms with van der Waals surface area (Å²) in [6, 6.07) is 15.0. The Kier molecular flexibility index (Phi) is 6.51. The second-order valence-corrected chi connectivity index (χ2v) is 8.64. The molecular weight excluding hydrogens is 452 g/mol. The van der Waals surface area contributed by atoms with Crippen LogP contribution in [0.15, 0.2) is 58.2 Å². The average Bonchev–Trinajstić information content (AvgIpc) is 2.95. The molecule has 6 nitrogen and oxygen atoms in total. The number of benzene rings is 2. The molecule has 1 amide bonds. The van der Waals surface area contributed by atoms with Gasteiger partial charge >= 0.3 is 0 Å². The van der Waals surface area contributed by atoms with Crippen LogP contribution in [0.25, 0.3) is 0 Å². The van der Waals surface area contributed by atoms with E-state index in [-0.39, 0.29) is 5.91 Å². The van der Waals surface area contributed by atoms with Gasteiger partial charge in [0.25, 0.3) is 0 Å². The molecule has 29 heavy (non-hydrogen) atoms. The zero-order valence-corrected chi connectivity index (χ0v) is 18.2. The molecule has 0 unspecified atom stereocenters. The summed E-state index contributed by atoms with van der Waals surface area (Å²) in [7, 11) is 0. The topological polar surface area (TPSA) is 69.0 Å². The fourth-order valence-corrected chi connectivity index (χ4v) is 4.19. The molecule has 1 N–H and O–H groups in total. The molecule has 1 aliphatic heterocycles. The first-order valence-corrected chi connectivity index (χ1v) is 11.3. The van der Waals surface area contributed by atoms with E-state index in [1.54, 1.807) is 0 Å². The van der Waals surface area contributed by atoms with E-state index in [2.05, 4.69) is 36.0 Å². The maximum absolute atomic E-state index is 12.3. The Morgan fingerprint density at radius 2 is 1.76 bits per heavy atom. The molecule has 0 bridgehead atoms. The molecule has 3 aromatic rings. The van der Waals surface area contributed by atoms with Crippen molar-refractivity contribution in [3.63, 3.8) is 0 Å². The molecule has 2 aromatic carbocycles. The Bertz CT molecular complexity index is 973. The molecule has 0 aliphatic carbocycles. The lowest BCUT2D eigenvalue weighted by molar-refractivity contribution is -0.113. The highest BCUT2D eigenvalue weighted by Gasteiger charge is 2.16. The third-order valence-corrected chi connectivity index (χ3v) is 6.09. The second-order valence-electron chi connectivity index (χ2n) is 6.78. The molecule has 2 heterocycles. The Morgan fingerprint density at radius 3 is 2.52 bits per heavy atom. The summed E-state index contributed by atoms with van der Waals surface area (Å²) in [5.41, 5.74) is 0.735. The quantitative estimate of drug-likeness (QED) is 0.493. The van der Waals surface area contributed by atoms with Gasteiger partial charge in [-0.1, -0.05) is 34.1 Å². The number of ether oxygens (including phenoxy) is 1. The van der Waals surface area contributed by atoms with Crippen LogP contribution in [0.2, 0.25) is 0 Å². The number of fused-ring (bicyclic) bond motifs is 1. The predicted molar refractivity (Wildman–Crippen MR) is 118 cm³/mol. The van der Waals surface area contributed by atoms with E-state index < -0.39 is 0 Å². The van der Waals surface area contributed by atoms with Crippen LogP contribution in [-0.2, 0) is 17.8 Å². The maximum atomic E-state index is 12.3. The predicted octanol–water partition coefficient (Wildman–Crippen LogP) is 5.29. The minimum Gasteiger partial charge on any atom is -0.457 e. The molecule has 8 heteroatoms. The van der Waals surface area contributed by atoms with Gasteiger partial charge in [0.05, 0.1) is 5.75 Å². The van der Waals surface area contributed by atoms with E-state index in [4.69, 9.17) is 4.74 Å². The lowest BCUT2D eigenvalue weighted by Gasteiger charge is -2.09. The van der Waals surface area contributed by atoms with Crippen molar-refractivity contribution in [2.75, 3.05) is 11.1 Å². The number of aromatic nitrogens is 3. The normalized spacial score (nSPS) is 13.4. The molecule has 1 aliphatic rings. The van der Waals surface area contributed by atoms with Gasteiger partial charge in [-0.25, -0.2) is 0 Å². The van der Waals surface area contributed by atoms with Gasteiger partial charge in [-0.2, -0.15) is 0 Å². The second kappa shape index (κ2) is 9.45. The molecule has 1 aromatic heterocycles.